The number of rotatable bonds is 1. The fourth-order valence-electron chi connectivity index (χ4n) is 0.589. The van der Waals surface area contributed by atoms with E-state index in [0.717, 1.165) is 11.3 Å². The molecule has 0 aliphatic carbocycles. The molecular formula is C6H3BrClFO2S. The number of methoxy groups -OCH3 is 1. The number of hydrogen-bond donors (Lipinski definition) is 0. The molecule has 0 fully saturated rings. The number of ether oxygens (including phenoxy) is 1. The molecule has 0 aliphatic heterocycles. The Balaban J connectivity index is 3.17. The number of hydrogen-bond acceptors (Lipinski definition) is 3. The highest BCUT2D eigenvalue weighted by atomic mass is 79.9. The molecule has 12 heavy (non-hydrogen) atoms. The van der Waals surface area contributed by atoms with E-state index >= 15 is 0 Å². The molecule has 0 radical (unpaired) electrons. The van der Waals surface area contributed by atoms with Crippen LogP contribution in [-0.2, 0) is 4.74 Å². The maximum Gasteiger partial charge on any atom is 0.351 e. The van der Waals surface area contributed by atoms with E-state index in [2.05, 4.69) is 20.7 Å². The third-order valence-electron chi connectivity index (χ3n) is 1.13. The van der Waals surface area contributed by atoms with Gasteiger partial charge in [0.15, 0.2) is 10.7 Å². The lowest BCUT2D eigenvalue weighted by Gasteiger charge is -1.92. The Labute approximate surface area is 85.4 Å². The maximum atomic E-state index is 13.0. The monoisotopic (exact) mass is 272 g/mol. The van der Waals surface area contributed by atoms with Crippen molar-refractivity contribution < 1.29 is 13.9 Å². The second kappa shape index (κ2) is 3.72. The summed E-state index contributed by atoms with van der Waals surface area (Å²) in [4.78, 5) is 10.8. The van der Waals surface area contributed by atoms with Gasteiger partial charge in [-0.2, -0.15) is 0 Å². The van der Waals surface area contributed by atoms with E-state index < -0.39 is 11.8 Å². The summed E-state index contributed by atoms with van der Waals surface area (Å²) in [5.74, 6) is -1.45. The lowest BCUT2D eigenvalue weighted by Crippen LogP contribution is -1.99. The maximum absolute atomic E-state index is 13.0. The minimum atomic E-state index is -0.736. The molecule has 1 rings (SSSR count). The zero-order chi connectivity index (χ0) is 9.30. The summed E-state index contributed by atoms with van der Waals surface area (Å²) < 4.78 is 17.7. The minimum Gasteiger partial charge on any atom is -0.465 e. The predicted octanol–water partition coefficient (Wildman–Crippen LogP) is 3.09. The van der Waals surface area contributed by atoms with E-state index in [1.54, 1.807) is 0 Å². The Bertz CT molecular complexity index is 326. The lowest BCUT2D eigenvalue weighted by molar-refractivity contribution is 0.0601. The highest BCUT2D eigenvalue weighted by Gasteiger charge is 2.21. The van der Waals surface area contributed by atoms with Gasteiger partial charge < -0.3 is 4.74 Å². The van der Waals surface area contributed by atoms with Gasteiger partial charge in [0.05, 0.1) is 10.9 Å². The average Bonchev–Trinajstić information content (AvgIpc) is 2.32. The molecule has 1 aromatic rings. The van der Waals surface area contributed by atoms with Crippen LogP contribution in [0.15, 0.2) is 3.79 Å². The van der Waals surface area contributed by atoms with Crippen LogP contribution in [0.4, 0.5) is 4.39 Å². The Kier molecular flexibility index (Phi) is 3.09. The second-order valence-electron chi connectivity index (χ2n) is 1.82. The minimum absolute atomic E-state index is 0.0830. The molecule has 1 heterocycles. The van der Waals surface area contributed by atoms with Crippen molar-refractivity contribution in [3.8, 4) is 0 Å². The molecule has 0 N–H and O–H groups in total. The zero-order valence-corrected chi connectivity index (χ0v) is 9.02. The third kappa shape index (κ3) is 1.62. The van der Waals surface area contributed by atoms with Crippen molar-refractivity contribution in [3.05, 3.63) is 19.5 Å². The number of carbonyl (C=O) groups is 1. The van der Waals surface area contributed by atoms with Crippen molar-refractivity contribution in [2.45, 2.75) is 0 Å². The van der Waals surface area contributed by atoms with E-state index in [1.165, 1.54) is 7.11 Å². The van der Waals surface area contributed by atoms with Crippen LogP contribution in [0, 0.1) is 5.82 Å². The third-order valence-corrected chi connectivity index (χ3v) is 3.64. The first-order valence-corrected chi connectivity index (χ1v) is 4.78. The molecule has 0 saturated carbocycles. The van der Waals surface area contributed by atoms with Gasteiger partial charge in [0.25, 0.3) is 0 Å². The first-order valence-electron chi connectivity index (χ1n) is 2.79. The zero-order valence-electron chi connectivity index (χ0n) is 5.86. The standard InChI is InChI=1S/C6H3BrClFO2S/c1-11-6(10)4-3(9)2(8)5(7)12-4/h1H3. The molecule has 6 heteroatoms. The number of halogens is 3. The quantitative estimate of drug-likeness (QED) is 0.735. The smallest absolute Gasteiger partial charge is 0.351 e. The van der Waals surface area contributed by atoms with Gasteiger partial charge in [-0.05, 0) is 15.9 Å². The van der Waals surface area contributed by atoms with Gasteiger partial charge in [-0.25, -0.2) is 9.18 Å². The molecule has 2 nitrogen and oxygen atoms in total. The van der Waals surface area contributed by atoms with E-state index in [0.29, 0.717) is 3.79 Å². The summed E-state index contributed by atoms with van der Waals surface area (Å²) in [7, 11) is 1.18. The van der Waals surface area contributed by atoms with Crippen molar-refractivity contribution in [1.29, 1.82) is 0 Å². The molecule has 0 aromatic carbocycles. The van der Waals surface area contributed by atoms with Crippen molar-refractivity contribution in [1.82, 2.24) is 0 Å². The van der Waals surface area contributed by atoms with Gasteiger partial charge in [0.2, 0.25) is 0 Å². The first kappa shape index (κ1) is 9.95. The van der Waals surface area contributed by atoms with Gasteiger partial charge in [-0.1, -0.05) is 11.6 Å². The summed E-state index contributed by atoms with van der Waals surface area (Å²) in [5.41, 5.74) is 0. The van der Waals surface area contributed by atoms with Crippen molar-refractivity contribution in [2.75, 3.05) is 7.11 Å². The Morgan fingerprint density at radius 2 is 2.33 bits per heavy atom. The van der Waals surface area contributed by atoms with E-state index in [4.69, 9.17) is 11.6 Å². The molecule has 0 saturated heterocycles. The van der Waals surface area contributed by atoms with Gasteiger partial charge >= 0.3 is 5.97 Å². The molecule has 66 valence electrons. The van der Waals surface area contributed by atoms with Crippen LogP contribution in [0.3, 0.4) is 0 Å². The normalized spacial score (nSPS) is 10.0. The summed E-state index contributed by atoms with van der Waals surface area (Å²) in [6.45, 7) is 0. The Morgan fingerprint density at radius 1 is 1.75 bits per heavy atom. The molecule has 0 atom stereocenters. The largest absolute Gasteiger partial charge is 0.465 e. The van der Waals surface area contributed by atoms with Gasteiger partial charge in [-0.3, -0.25) is 0 Å². The van der Waals surface area contributed by atoms with Crippen LogP contribution in [0.2, 0.25) is 5.02 Å². The topological polar surface area (TPSA) is 26.3 Å². The van der Waals surface area contributed by atoms with Crippen LogP contribution in [-0.4, -0.2) is 13.1 Å². The Morgan fingerprint density at radius 3 is 2.67 bits per heavy atom. The average molecular weight is 274 g/mol. The van der Waals surface area contributed by atoms with Gasteiger partial charge in [0.1, 0.15) is 5.02 Å². The lowest BCUT2D eigenvalue weighted by atomic mass is 10.4. The van der Waals surface area contributed by atoms with Crippen LogP contribution >= 0.6 is 38.9 Å². The van der Waals surface area contributed by atoms with Gasteiger partial charge in [-0.15, -0.1) is 11.3 Å². The van der Waals surface area contributed by atoms with Crippen molar-refractivity contribution in [3.63, 3.8) is 0 Å². The first-order chi connectivity index (χ1) is 5.57. The highest BCUT2D eigenvalue weighted by molar-refractivity contribution is 9.11. The predicted molar refractivity (Wildman–Crippen MR) is 48.3 cm³/mol. The summed E-state index contributed by atoms with van der Waals surface area (Å²) in [5, 5.41) is -0.0830. The highest BCUT2D eigenvalue weighted by Crippen LogP contribution is 2.35. The summed E-state index contributed by atoms with van der Waals surface area (Å²) in [6.07, 6.45) is 0. The van der Waals surface area contributed by atoms with Crippen molar-refractivity contribution in [2.24, 2.45) is 0 Å². The fourth-order valence-corrected chi connectivity index (χ4v) is 2.23. The molecule has 0 amide bonds. The molecule has 0 aliphatic rings. The molecular weight excluding hydrogens is 270 g/mol. The van der Waals surface area contributed by atoms with Crippen LogP contribution < -0.4 is 0 Å². The van der Waals surface area contributed by atoms with E-state index in [1.807, 2.05) is 0 Å². The summed E-state index contributed by atoms with van der Waals surface area (Å²) in [6, 6.07) is 0. The van der Waals surface area contributed by atoms with Crippen LogP contribution in [0.5, 0.6) is 0 Å². The molecule has 0 bridgehead atoms. The molecule has 0 unspecified atom stereocenters. The van der Waals surface area contributed by atoms with E-state index in [-0.39, 0.29) is 9.90 Å². The van der Waals surface area contributed by atoms with Crippen molar-refractivity contribution >= 4 is 44.8 Å². The van der Waals surface area contributed by atoms with Gasteiger partial charge in [0, 0.05) is 0 Å². The second-order valence-corrected chi connectivity index (χ2v) is 4.54. The van der Waals surface area contributed by atoms with E-state index in [9.17, 15) is 9.18 Å². The number of thiophene rings is 1. The fraction of sp³-hybridized carbons (Fsp3) is 0.167. The number of carbonyl (C=O) groups excluding carboxylic acids is 1. The molecule has 0 spiro atoms. The number of esters is 1. The van der Waals surface area contributed by atoms with Crippen LogP contribution in [0.1, 0.15) is 9.67 Å². The molecule has 1 aromatic heterocycles. The Hall–Kier alpha value is -0.130. The SMILES string of the molecule is COC(=O)c1sc(Br)c(Cl)c1F. The summed E-state index contributed by atoms with van der Waals surface area (Å²) >= 11 is 9.39. The van der Waals surface area contributed by atoms with Crippen LogP contribution in [0.25, 0.3) is 0 Å².